The molecule has 0 heteroatoms. The molecule has 10 heavy (non-hydrogen) atoms. The zero-order chi connectivity index (χ0) is 7.35. The average molecular weight is 138 g/mol. The van der Waals surface area contributed by atoms with E-state index in [2.05, 4.69) is 20.8 Å². The summed E-state index contributed by atoms with van der Waals surface area (Å²) in [6.07, 6.45) is 4.52. The lowest BCUT2D eigenvalue weighted by Crippen LogP contribution is -2.44. The summed E-state index contributed by atoms with van der Waals surface area (Å²) in [6.45, 7) is 7.37. The van der Waals surface area contributed by atoms with Gasteiger partial charge in [-0.3, -0.25) is 0 Å². The van der Waals surface area contributed by atoms with Crippen molar-refractivity contribution in [3.63, 3.8) is 0 Å². The second kappa shape index (κ2) is 1.78. The summed E-state index contributed by atoms with van der Waals surface area (Å²) in [7, 11) is 0. The van der Waals surface area contributed by atoms with Gasteiger partial charge < -0.3 is 0 Å². The fraction of sp³-hybridized carbons (Fsp3) is 1.00. The van der Waals surface area contributed by atoms with Gasteiger partial charge in [-0.15, -0.1) is 0 Å². The van der Waals surface area contributed by atoms with Gasteiger partial charge in [0.2, 0.25) is 0 Å². The molecule has 2 fully saturated rings. The quantitative estimate of drug-likeness (QED) is 0.482. The third kappa shape index (κ3) is 0.538. The highest BCUT2D eigenvalue weighted by molar-refractivity contribution is 5.04. The normalized spacial score (nSPS) is 59.7. The highest BCUT2D eigenvalue weighted by atomic mass is 14.6. The van der Waals surface area contributed by atoms with Crippen LogP contribution in [0.15, 0.2) is 0 Å². The molecule has 0 radical (unpaired) electrons. The van der Waals surface area contributed by atoms with E-state index >= 15 is 0 Å². The maximum Gasteiger partial charge on any atom is -0.0246 e. The topological polar surface area (TPSA) is 0 Å². The number of rotatable bonds is 0. The molecular formula is C10H18. The maximum atomic E-state index is 2.50. The van der Waals surface area contributed by atoms with Crippen molar-refractivity contribution in [2.45, 2.75) is 40.0 Å². The molecule has 0 spiro atoms. The van der Waals surface area contributed by atoms with Gasteiger partial charge in [-0.25, -0.2) is 0 Å². The Labute approximate surface area is 64.0 Å². The fourth-order valence-electron chi connectivity index (χ4n) is 3.26. The van der Waals surface area contributed by atoms with Crippen LogP contribution in [0.1, 0.15) is 40.0 Å². The minimum Gasteiger partial charge on any atom is -0.0620 e. The highest BCUT2D eigenvalue weighted by Gasteiger charge is 2.55. The van der Waals surface area contributed by atoms with Crippen LogP contribution in [-0.2, 0) is 0 Å². The van der Waals surface area contributed by atoms with Crippen LogP contribution in [0.4, 0.5) is 0 Å². The summed E-state index contributed by atoms with van der Waals surface area (Å²) >= 11 is 0. The second-order valence-electron chi connectivity index (χ2n) is 4.68. The van der Waals surface area contributed by atoms with E-state index in [1.54, 1.807) is 0 Å². The van der Waals surface area contributed by atoms with Crippen molar-refractivity contribution in [3.8, 4) is 0 Å². The third-order valence-corrected chi connectivity index (χ3v) is 4.59. The van der Waals surface area contributed by atoms with Crippen molar-refractivity contribution in [1.29, 1.82) is 0 Å². The Hall–Kier alpha value is 0. The summed E-state index contributed by atoms with van der Waals surface area (Å²) < 4.78 is 0. The molecule has 4 atom stereocenters. The standard InChI is InChI=1S/C10H18/c1-7-4-5-9-6-8(2)10(7,9)3/h7-9H,4-6H2,1-3H3. The number of hydrogen-bond acceptors (Lipinski definition) is 0. The molecule has 4 unspecified atom stereocenters. The first-order valence-corrected chi connectivity index (χ1v) is 4.65. The van der Waals surface area contributed by atoms with Gasteiger partial charge in [0, 0.05) is 0 Å². The lowest BCUT2D eigenvalue weighted by atomic mass is 9.53. The monoisotopic (exact) mass is 138 g/mol. The maximum absolute atomic E-state index is 2.50. The van der Waals surface area contributed by atoms with Gasteiger partial charge in [-0.05, 0) is 42.4 Å². The van der Waals surface area contributed by atoms with Gasteiger partial charge in [0.25, 0.3) is 0 Å². The molecule has 58 valence electrons. The number of hydrogen-bond donors (Lipinski definition) is 0. The molecule has 0 N–H and O–H groups in total. The van der Waals surface area contributed by atoms with E-state index in [-0.39, 0.29) is 0 Å². The van der Waals surface area contributed by atoms with Crippen LogP contribution >= 0.6 is 0 Å². The van der Waals surface area contributed by atoms with Gasteiger partial charge in [0.05, 0.1) is 0 Å². The Balaban J connectivity index is 2.21. The van der Waals surface area contributed by atoms with Gasteiger partial charge in [0.1, 0.15) is 0 Å². The van der Waals surface area contributed by atoms with Crippen LogP contribution in [-0.4, -0.2) is 0 Å². The zero-order valence-electron chi connectivity index (χ0n) is 7.35. The molecule has 2 aliphatic rings. The summed E-state index contributed by atoms with van der Waals surface area (Å²) in [6, 6.07) is 0. The van der Waals surface area contributed by atoms with Gasteiger partial charge >= 0.3 is 0 Å². The highest BCUT2D eigenvalue weighted by Crippen LogP contribution is 2.63. The SMILES string of the molecule is CC1CCC2CC(C)C12C. The van der Waals surface area contributed by atoms with E-state index in [0.29, 0.717) is 0 Å². The predicted octanol–water partition coefficient (Wildman–Crippen LogP) is 3.08. The lowest BCUT2D eigenvalue weighted by molar-refractivity contribution is -0.0282. The Kier molecular flexibility index (Phi) is 1.19. The molecule has 2 aliphatic carbocycles. The molecule has 0 aromatic carbocycles. The molecular weight excluding hydrogens is 120 g/mol. The van der Waals surface area contributed by atoms with E-state index < -0.39 is 0 Å². The van der Waals surface area contributed by atoms with E-state index in [1.165, 1.54) is 19.3 Å². The average Bonchev–Trinajstić information content (AvgIpc) is 2.13. The van der Waals surface area contributed by atoms with Crippen LogP contribution in [0.25, 0.3) is 0 Å². The van der Waals surface area contributed by atoms with Crippen molar-refractivity contribution in [3.05, 3.63) is 0 Å². The molecule has 0 amide bonds. The molecule has 0 heterocycles. The van der Waals surface area contributed by atoms with E-state index in [1.807, 2.05) is 0 Å². The first kappa shape index (κ1) is 6.69. The largest absolute Gasteiger partial charge is 0.0620 e. The van der Waals surface area contributed by atoms with Crippen molar-refractivity contribution < 1.29 is 0 Å². The third-order valence-electron chi connectivity index (χ3n) is 4.59. The fourth-order valence-corrected chi connectivity index (χ4v) is 3.26. The van der Waals surface area contributed by atoms with Crippen LogP contribution in [0, 0.1) is 23.2 Å². The molecule has 0 aliphatic heterocycles. The molecule has 0 saturated heterocycles. The summed E-state index contributed by atoms with van der Waals surface area (Å²) in [4.78, 5) is 0. The van der Waals surface area contributed by atoms with Gasteiger partial charge in [0.15, 0.2) is 0 Å². The first-order chi connectivity index (χ1) is 4.65. The minimum absolute atomic E-state index is 0.750. The van der Waals surface area contributed by atoms with Gasteiger partial charge in [-0.2, -0.15) is 0 Å². The summed E-state index contributed by atoms with van der Waals surface area (Å²) in [5.41, 5.74) is 0.750. The Morgan fingerprint density at radius 1 is 1.10 bits per heavy atom. The first-order valence-electron chi connectivity index (χ1n) is 4.65. The van der Waals surface area contributed by atoms with Crippen LogP contribution < -0.4 is 0 Å². The molecule has 0 bridgehead atoms. The van der Waals surface area contributed by atoms with Crippen LogP contribution in [0.3, 0.4) is 0 Å². The Morgan fingerprint density at radius 3 is 2.20 bits per heavy atom. The summed E-state index contributed by atoms with van der Waals surface area (Å²) in [5, 5.41) is 0. The van der Waals surface area contributed by atoms with Crippen molar-refractivity contribution >= 4 is 0 Å². The van der Waals surface area contributed by atoms with Crippen molar-refractivity contribution in [2.75, 3.05) is 0 Å². The van der Waals surface area contributed by atoms with Crippen molar-refractivity contribution in [2.24, 2.45) is 23.2 Å². The number of fused-ring (bicyclic) bond motifs is 1. The lowest BCUT2D eigenvalue weighted by Gasteiger charge is -2.51. The minimum atomic E-state index is 0.750. The Morgan fingerprint density at radius 2 is 1.80 bits per heavy atom. The van der Waals surface area contributed by atoms with Gasteiger partial charge in [-0.1, -0.05) is 20.8 Å². The molecule has 0 nitrogen and oxygen atoms in total. The second-order valence-corrected chi connectivity index (χ2v) is 4.68. The Bertz CT molecular complexity index is 139. The predicted molar refractivity (Wildman–Crippen MR) is 43.8 cm³/mol. The van der Waals surface area contributed by atoms with Crippen molar-refractivity contribution in [1.82, 2.24) is 0 Å². The molecule has 0 aromatic heterocycles. The molecule has 0 aromatic rings. The van der Waals surface area contributed by atoms with E-state index in [9.17, 15) is 0 Å². The molecule has 2 rings (SSSR count). The zero-order valence-corrected chi connectivity index (χ0v) is 7.35. The summed E-state index contributed by atoms with van der Waals surface area (Å²) in [5.74, 6) is 3.11. The molecule has 2 saturated carbocycles. The van der Waals surface area contributed by atoms with Crippen LogP contribution in [0.5, 0.6) is 0 Å². The van der Waals surface area contributed by atoms with E-state index in [4.69, 9.17) is 0 Å². The van der Waals surface area contributed by atoms with E-state index in [0.717, 1.165) is 23.2 Å². The smallest absolute Gasteiger partial charge is 0.0246 e. The van der Waals surface area contributed by atoms with Crippen LogP contribution in [0.2, 0.25) is 0 Å².